The predicted octanol–water partition coefficient (Wildman–Crippen LogP) is 3.53. The average molecular weight is 371 g/mol. The van der Waals surface area contributed by atoms with Gasteiger partial charge in [-0.25, -0.2) is 4.79 Å². The molecule has 0 bridgehead atoms. The molecule has 1 unspecified atom stereocenters. The second kappa shape index (κ2) is 10.3. The highest BCUT2D eigenvalue weighted by Gasteiger charge is 2.19. The van der Waals surface area contributed by atoms with Crippen molar-refractivity contribution in [3.05, 3.63) is 29.8 Å². The number of amides is 2. The van der Waals surface area contributed by atoms with Crippen LogP contribution in [0.3, 0.4) is 0 Å². The zero-order valence-electron chi connectivity index (χ0n) is 15.6. The first-order valence-electron chi connectivity index (χ1n) is 8.88. The predicted molar refractivity (Wildman–Crippen MR) is 100 cm³/mol. The molecule has 0 aliphatic carbocycles. The minimum absolute atomic E-state index is 0.0725. The Morgan fingerprint density at radius 2 is 1.84 bits per heavy atom. The van der Waals surface area contributed by atoms with Gasteiger partial charge in [-0.15, -0.1) is 0 Å². The van der Waals surface area contributed by atoms with Gasteiger partial charge in [0.15, 0.2) is 0 Å². The third kappa shape index (κ3) is 7.34. The van der Waals surface area contributed by atoms with Crippen LogP contribution in [0.5, 0.6) is 5.75 Å². The normalized spacial score (nSPS) is 12.5. The molecule has 0 spiro atoms. The van der Waals surface area contributed by atoms with Gasteiger partial charge >= 0.3 is 16.1 Å². The summed E-state index contributed by atoms with van der Waals surface area (Å²) in [4.78, 5) is 14.2. The van der Waals surface area contributed by atoms with Crippen molar-refractivity contribution in [2.45, 2.75) is 59.5 Å². The molecule has 0 saturated carbocycles. The van der Waals surface area contributed by atoms with E-state index in [0.717, 1.165) is 24.8 Å². The molecule has 2 amide bonds. The third-order valence-corrected chi connectivity index (χ3v) is 5.20. The molecule has 1 N–H and O–H groups in total. The average Bonchev–Trinajstić information content (AvgIpc) is 2.60. The lowest BCUT2D eigenvalue weighted by atomic mass is 10.1. The Morgan fingerprint density at radius 1 is 1.20 bits per heavy atom. The highest BCUT2D eigenvalue weighted by Crippen LogP contribution is 2.17. The van der Waals surface area contributed by atoms with E-state index >= 15 is 0 Å². The lowest BCUT2D eigenvalue weighted by Crippen LogP contribution is -2.44. The van der Waals surface area contributed by atoms with Gasteiger partial charge in [0.2, 0.25) is 0 Å². The molecular formula is C18H30N2O4S. The van der Waals surface area contributed by atoms with Crippen molar-refractivity contribution >= 4 is 16.1 Å². The summed E-state index contributed by atoms with van der Waals surface area (Å²) in [6.07, 6.45) is 2.85. The van der Waals surface area contributed by atoms with Crippen molar-refractivity contribution in [3.8, 4) is 5.75 Å². The molecule has 6 nitrogen and oxygen atoms in total. The molecule has 0 heterocycles. The van der Waals surface area contributed by atoms with Crippen LogP contribution in [0.1, 0.15) is 52.5 Å². The lowest BCUT2D eigenvalue weighted by molar-refractivity contribution is 0.173. The molecule has 142 valence electrons. The van der Waals surface area contributed by atoms with Gasteiger partial charge in [0.1, 0.15) is 5.75 Å². The van der Waals surface area contributed by atoms with E-state index in [2.05, 4.69) is 12.2 Å². The second-order valence-corrected chi connectivity index (χ2v) is 7.90. The fourth-order valence-corrected chi connectivity index (χ4v) is 2.70. The maximum atomic E-state index is 12.4. The molecular weight excluding hydrogens is 340 g/mol. The second-order valence-electron chi connectivity index (χ2n) is 6.04. The molecule has 0 aromatic heterocycles. The highest BCUT2D eigenvalue weighted by molar-refractivity contribution is 7.87. The van der Waals surface area contributed by atoms with Crippen molar-refractivity contribution in [2.75, 3.05) is 12.3 Å². The summed E-state index contributed by atoms with van der Waals surface area (Å²) in [6, 6.07) is 6.85. The van der Waals surface area contributed by atoms with E-state index in [0.29, 0.717) is 13.1 Å². The Labute approximate surface area is 151 Å². The quantitative estimate of drug-likeness (QED) is 0.505. The summed E-state index contributed by atoms with van der Waals surface area (Å²) < 4.78 is 28.0. The Hall–Kier alpha value is -1.76. The van der Waals surface area contributed by atoms with Crippen molar-refractivity contribution in [1.82, 2.24) is 10.2 Å². The van der Waals surface area contributed by atoms with Crippen LogP contribution in [0.2, 0.25) is 0 Å². The summed E-state index contributed by atoms with van der Waals surface area (Å²) in [5.74, 6) is 0.210. The van der Waals surface area contributed by atoms with Crippen LogP contribution in [-0.4, -0.2) is 37.7 Å². The summed E-state index contributed by atoms with van der Waals surface area (Å²) in [6.45, 7) is 8.82. The van der Waals surface area contributed by atoms with E-state index in [1.165, 1.54) is 6.92 Å². The van der Waals surface area contributed by atoms with Crippen LogP contribution in [-0.2, 0) is 16.7 Å². The molecule has 1 aromatic carbocycles. The fraction of sp³-hybridized carbons (Fsp3) is 0.611. The highest BCUT2D eigenvalue weighted by atomic mass is 32.2. The van der Waals surface area contributed by atoms with Crippen LogP contribution in [0.4, 0.5) is 4.79 Å². The smallest absolute Gasteiger partial charge is 0.317 e. The van der Waals surface area contributed by atoms with Gasteiger partial charge in [0.25, 0.3) is 0 Å². The molecule has 1 atom stereocenters. The number of nitrogens with one attached hydrogen (secondary N) is 1. The first kappa shape index (κ1) is 21.3. The molecule has 0 aliphatic heterocycles. The molecule has 0 aliphatic rings. The summed E-state index contributed by atoms with van der Waals surface area (Å²) >= 11 is 0. The number of hydrogen-bond acceptors (Lipinski definition) is 4. The maximum Gasteiger partial charge on any atom is 0.317 e. The summed E-state index contributed by atoms with van der Waals surface area (Å²) in [7, 11) is -3.53. The summed E-state index contributed by atoms with van der Waals surface area (Å²) in [5, 5.41) is 2.95. The monoisotopic (exact) mass is 370 g/mol. The Balaban J connectivity index is 2.78. The number of benzene rings is 1. The van der Waals surface area contributed by atoms with Crippen molar-refractivity contribution < 1.29 is 17.4 Å². The zero-order chi connectivity index (χ0) is 18.9. The van der Waals surface area contributed by atoms with Gasteiger partial charge in [-0.3, -0.25) is 0 Å². The minimum Gasteiger partial charge on any atom is -0.382 e. The van der Waals surface area contributed by atoms with E-state index in [9.17, 15) is 13.2 Å². The SMILES string of the molecule is CCCCNC(=O)N(Cc1ccc(OS(=O)(=O)CC)cc1)C(C)CC. The van der Waals surface area contributed by atoms with Crippen molar-refractivity contribution in [3.63, 3.8) is 0 Å². The van der Waals surface area contributed by atoms with Gasteiger partial charge in [-0.05, 0) is 44.4 Å². The van der Waals surface area contributed by atoms with Crippen molar-refractivity contribution in [1.29, 1.82) is 0 Å². The Morgan fingerprint density at radius 3 is 2.36 bits per heavy atom. The van der Waals surface area contributed by atoms with Crippen LogP contribution in [0.25, 0.3) is 0 Å². The fourth-order valence-electron chi connectivity index (χ4n) is 2.17. The third-order valence-electron chi connectivity index (χ3n) is 4.04. The first-order valence-corrected chi connectivity index (χ1v) is 10.5. The molecule has 0 saturated heterocycles. The Bertz CT molecular complexity index is 629. The van der Waals surface area contributed by atoms with Gasteiger partial charge in [-0.2, -0.15) is 8.42 Å². The van der Waals surface area contributed by atoms with E-state index in [1.54, 1.807) is 29.2 Å². The molecule has 1 rings (SSSR count). The van der Waals surface area contributed by atoms with Crippen LogP contribution in [0, 0.1) is 0 Å². The van der Waals surface area contributed by atoms with Gasteiger partial charge < -0.3 is 14.4 Å². The molecule has 25 heavy (non-hydrogen) atoms. The number of nitrogens with zero attached hydrogens (tertiary/aromatic N) is 1. The summed E-state index contributed by atoms with van der Waals surface area (Å²) in [5.41, 5.74) is 0.923. The number of carbonyl (C=O) groups excluding carboxylic acids is 1. The lowest BCUT2D eigenvalue weighted by Gasteiger charge is -2.29. The van der Waals surface area contributed by atoms with Crippen LogP contribution >= 0.6 is 0 Å². The van der Waals surface area contributed by atoms with E-state index < -0.39 is 10.1 Å². The number of rotatable bonds is 10. The Kier molecular flexibility index (Phi) is 8.75. The molecule has 0 radical (unpaired) electrons. The van der Waals surface area contributed by atoms with E-state index in [-0.39, 0.29) is 23.6 Å². The number of hydrogen-bond donors (Lipinski definition) is 1. The zero-order valence-corrected chi connectivity index (χ0v) is 16.4. The van der Waals surface area contributed by atoms with Gasteiger partial charge in [0.05, 0.1) is 5.75 Å². The van der Waals surface area contributed by atoms with Crippen LogP contribution in [0.15, 0.2) is 24.3 Å². The molecule has 7 heteroatoms. The molecule has 0 fully saturated rings. The largest absolute Gasteiger partial charge is 0.382 e. The first-order chi connectivity index (χ1) is 11.8. The molecule has 1 aromatic rings. The number of carbonyl (C=O) groups is 1. The minimum atomic E-state index is -3.53. The van der Waals surface area contributed by atoms with E-state index in [1.807, 2.05) is 13.8 Å². The number of unbranched alkanes of at least 4 members (excludes halogenated alkanes) is 1. The van der Waals surface area contributed by atoms with E-state index in [4.69, 9.17) is 4.18 Å². The van der Waals surface area contributed by atoms with Crippen molar-refractivity contribution in [2.24, 2.45) is 0 Å². The van der Waals surface area contributed by atoms with Gasteiger partial charge in [0, 0.05) is 19.1 Å². The van der Waals surface area contributed by atoms with Crippen LogP contribution < -0.4 is 9.50 Å². The maximum absolute atomic E-state index is 12.4. The van der Waals surface area contributed by atoms with Gasteiger partial charge in [-0.1, -0.05) is 32.4 Å². The standard InChI is InChI=1S/C18H30N2O4S/c1-5-8-13-19-18(21)20(15(4)6-2)14-16-9-11-17(12-10-16)24-25(22,23)7-3/h9-12,15H,5-8,13-14H2,1-4H3,(H,19,21). The topological polar surface area (TPSA) is 75.7 Å². The number of urea groups is 1.